The van der Waals surface area contributed by atoms with Crippen molar-refractivity contribution in [3.63, 3.8) is 0 Å². The van der Waals surface area contributed by atoms with Crippen LogP contribution in [-0.2, 0) is 35.1 Å². The van der Waals surface area contributed by atoms with Crippen molar-refractivity contribution in [3.05, 3.63) is 35.9 Å². The predicted molar refractivity (Wildman–Crippen MR) is 88.8 cm³/mol. The number of carbonyl (C=O) groups is 3. The highest BCUT2D eigenvalue weighted by atomic mass is 16.7. The van der Waals surface area contributed by atoms with E-state index in [2.05, 4.69) is 10.6 Å². The number of benzene rings is 1. The summed E-state index contributed by atoms with van der Waals surface area (Å²) in [6.07, 6.45) is -1.19. The fourth-order valence-corrected chi connectivity index (χ4v) is 2.31. The number of rotatable bonds is 8. The highest BCUT2D eigenvalue weighted by Crippen LogP contribution is 2.15. The molecule has 2 rings (SSSR count). The summed E-state index contributed by atoms with van der Waals surface area (Å²) in [5.41, 5.74) is 0.840. The molecule has 1 fully saturated rings. The predicted octanol–water partition coefficient (Wildman–Crippen LogP) is 0.191. The molecule has 1 aromatic rings. The summed E-state index contributed by atoms with van der Waals surface area (Å²) in [7, 11) is 1.26. The average Bonchev–Trinajstić information content (AvgIpc) is 3.19. The van der Waals surface area contributed by atoms with Gasteiger partial charge in [0.05, 0.1) is 26.4 Å². The van der Waals surface area contributed by atoms with E-state index in [0.29, 0.717) is 0 Å². The van der Waals surface area contributed by atoms with E-state index in [-0.39, 0.29) is 33.1 Å². The second kappa shape index (κ2) is 10.4. The molecule has 1 aliphatic heterocycles. The lowest BCUT2D eigenvalue weighted by molar-refractivity contribution is -0.149. The van der Waals surface area contributed by atoms with Crippen molar-refractivity contribution in [2.75, 3.05) is 33.6 Å². The molecule has 0 bridgehead atoms. The van der Waals surface area contributed by atoms with E-state index in [0.717, 1.165) is 5.56 Å². The molecule has 1 heterocycles. The van der Waals surface area contributed by atoms with E-state index in [4.69, 9.17) is 18.9 Å². The van der Waals surface area contributed by atoms with Crippen LogP contribution in [0.25, 0.3) is 0 Å². The first-order valence-electron chi connectivity index (χ1n) is 8.08. The Balaban J connectivity index is 1.68. The third-order valence-electron chi connectivity index (χ3n) is 3.73. The van der Waals surface area contributed by atoms with Crippen LogP contribution < -0.4 is 10.6 Å². The van der Waals surface area contributed by atoms with Crippen molar-refractivity contribution >= 4 is 18.0 Å². The zero-order valence-electron chi connectivity index (χ0n) is 14.4. The number of carbonyl (C=O) groups excluding carboxylic acids is 3. The topological polar surface area (TPSA) is 112 Å². The molecule has 2 N–H and O–H groups in total. The van der Waals surface area contributed by atoms with Gasteiger partial charge in [-0.2, -0.15) is 0 Å². The highest BCUT2D eigenvalue weighted by molar-refractivity contribution is 5.82. The monoisotopic (exact) mass is 366 g/mol. The standard InChI is InChI=1S/C17H22N2O7/c1-23-16(21)13(14-10-24-11-26-14)7-18-15(20)8-19-17(22)25-9-12-5-3-2-4-6-12/h2-6,13-14H,7-11H2,1H3,(H,18,20)(H,19,22)/t13-,14+/m1/s1. The van der Waals surface area contributed by atoms with Crippen molar-refractivity contribution in [1.82, 2.24) is 10.6 Å². The third kappa shape index (κ3) is 6.34. The van der Waals surface area contributed by atoms with Gasteiger partial charge < -0.3 is 29.6 Å². The molecule has 0 aromatic heterocycles. The fourth-order valence-electron chi connectivity index (χ4n) is 2.31. The van der Waals surface area contributed by atoms with Gasteiger partial charge in [0.15, 0.2) is 0 Å². The number of hydrogen-bond donors (Lipinski definition) is 2. The Labute approximate surface area is 150 Å². The maximum absolute atomic E-state index is 11.8. The Morgan fingerprint density at radius 1 is 1.23 bits per heavy atom. The Morgan fingerprint density at radius 2 is 2.00 bits per heavy atom. The minimum Gasteiger partial charge on any atom is -0.469 e. The van der Waals surface area contributed by atoms with Gasteiger partial charge in [-0.3, -0.25) is 9.59 Å². The molecule has 26 heavy (non-hydrogen) atoms. The summed E-state index contributed by atoms with van der Waals surface area (Å²) in [6, 6.07) is 9.17. The average molecular weight is 366 g/mol. The van der Waals surface area contributed by atoms with E-state index < -0.39 is 30.0 Å². The van der Waals surface area contributed by atoms with E-state index in [1.165, 1.54) is 7.11 Å². The highest BCUT2D eigenvalue weighted by Gasteiger charge is 2.33. The Kier molecular flexibility index (Phi) is 7.84. The van der Waals surface area contributed by atoms with Crippen LogP contribution in [0.3, 0.4) is 0 Å². The molecule has 0 aliphatic carbocycles. The Morgan fingerprint density at radius 3 is 2.65 bits per heavy atom. The number of esters is 1. The molecule has 0 spiro atoms. The van der Waals surface area contributed by atoms with Crippen LogP contribution in [0.2, 0.25) is 0 Å². The largest absolute Gasteiger partial charge is 0.469 e. The minimum absolute atomic E-state index is 0.0142. The lowest BCUT2D eigenvalue weighted by Crippen LogP contribution is -2.44. The van der Waals surface area contributed by atoms with E-state index >= 15 is 0 Å². The summed E-state index contributed by atoms with van der Waals surface area (Å²) in [4.78, 5) is 35.2. The van der Waals surface area contributed by atoms with Crippen molar-refractivity contribution in [2.24, 2.45) is 5.92 Å². The zero-order chi connectivity index (χ0) is 18.8. The van der Waals surface area contributed by atoms with Crippen LogP contribution in [0.4, 0.5) is 4.79 Å². The number of nitrogens with one attached hydrogen (secondary N) is 2. The molecule has 2 amide bonds. The normalized spacial score (nSPS) is 17.2. The van der Waals surface area contributed by atoms with Crippen LogP contribution in [-0.4, -0.2) is 57.7 Å². The van der Waals surface area contributed by atoms with Crippen LogP contribution in [0.15, 0.2) is 30.3 Å². The van der Waals surface area contributed by atoms with Gasteiger partial charge in [0.25, 0.3) is 0 Å². The van der Waals surface area contributed by atoms with Crippen molar-refractivity contribution in [3.8, 4) is 0 Å². The van der Waals surface area contributed by atoms with Gasteiger partial charge in [-0.15, -0.1) is 0 Å². The third-order valence-corrected chi connectivity index (χ3v) is 3.73. The lowest BCUT2D eigenvalue weighted by Gasteiger charge is -2.19. The fraction of sp³-hybridized carbons (Fsp3) is 0.471. The molecule has 1 aromatic carbocycles. The number of amides is 2. The molecule has 1 saturated heterocycles. The SMILES string of the molecule is COC(=O)[C@H](CNC(=O)CNC(=O)OCc1ccccc1)[C@@H]1COCO1. The molecular formula is C17H22N2O7. The molecule has 0 saturated carbocycles. The quantitative estimate of drug-likeness (QED) is 0.632. The summed E-state index contributed by atoms with van der Waals surface area (Å²) < 4.78 is 20.1. The van der Waals surface area contributed by atoms with Crippen molar-refractivity contribution in [1.29, 1.82) is 0 Å². The van der Waals surface area contributed by atoms with E-state index in [9.17, 15) is 14.4 Å². The maximum Gasteiger partial charge on any atom is 0.407 e. The van der Waals surface area contributed by atoms with Crippen LogP contribution in [0.5, 0.6) is 0 Å². The molecular weight excluding hydrogens is 344 g/mol. The van der Waals surface area contributed by atoms with Crippen LogP contribution in [0, 0.1) is 5.92 Å². The van der Waals surface area contributed by atoms with Gasteiger partial charge in [0, 0.05) is 6.54 Å². The first-order valence-corrected chi connectivity index (χ1v) is 8.08. The summed E-state index contributed by atoms with van der Waals surface area (Å²) in [5, 5.41) is 4.90. The second-order valence-electron chi connectivity index (χ2n) is 5.54. The first-order chi connectivity index (χ1) is 12.6. The summed E-state index contributed by atoms with van der Waals surface area (Å²) in [5.74, 6) is -1.65. The van der Waals surface area contributed by atoms with E-state index in [1.54, 1.807) is 0 Å². The molecule has 2 atom stereocenters. The molecule has 9 heteroatoms. The van der Waals surface area contributed by atoms with Gasteiger partial charge >= 0.3 is 12.1 Å². The summed E-state index contributed by atoms with van der Waals surface area (Å²) >= 11 is 0. The number of hydrogen-bond acceptors (Lipinski definition) is 7. The minimum atomic E-state index is -0.707. The Bertz CT molecular complexity index is 602. The maximum atomic E-state index is 11.8. The van der Waals surface area contributed by atoms with Gasteiger partial charge in [-0.1, -0.05) is 30.3 Å². The molecule has 1 aliphatic rings. The molecule has 9 nitrogen and oxygen atoms in total. The number of alkyl carbamates (subject to hydrolysis) is 1. The van der Waals surface area contributed by atoms with Gasteiger partial charge in [0.2, 0.25) is 5.91 Å². The van der Waals surface area contributed by atoms with Gasteiger partial charge in [-0.25, -0.2) is 4.79 Å². The van der Waals surface area contributed by atoms with Gasteiger partial charge in [-0.05, 0) is 5.56 Å². The lowest BCUT2D eigenvalue weighted by atomic mass is 10.0. The van der Waals surface area contributed by atoms with E-state index in [1.807, 2.05) is 30.3 Å². The van der Waals surface area contributed by atoms with Gasteiger partial charge in [0.1, 0.15) is 19.3 Å². The van der Waals surface area contributed by atoms with Crippen LogP contribution in [0.1, 0.15) is 5.56 Å². The smallest absolute Gasteiger partial charge is 0.407 e. The Hall–Kier alpha value is -2.65. The van der Waals surface area contributed by atoms with Crippen molar-refractivity contribution in [2.45, 2.75) is 12.7 Å². The first kappa shape index (κ1) is 19.7. The summed E-state index contributed by atoms with van der Waals surface area (Å²) in [6.45, 7) is 0.197. The second-order valence-corrected chi connectivity index (χ2v) is 5.54. The molecule has 142 valence electrons. The molecule has 0 radical (unpaired) electrons. The molecule has 0 unspecified atom stereocenters. The number of ether oxygens (including phenoxy) is 4. The van der Waals surface area contributed by atoms with Crippen LogP contribution >= 0.6 is 0 Å². The van der Waals surface area contributed by atoms with Crippen molar-refractivity contribution < 1.29 is 33.3 Å². The zero-order valence-corrected chi connectivity index (χ0v) is 14.4. The number of methoxy groups -OCH3 is 1.